The average Bonchev–Trinajstić information content (AvgIpc) is 3.22. The van der Waals surface area contributed by atoms with Gasteiger partial charge in [0.1, 0.15) is 16.5 Å². The van der Waals surface area contributed by atoms with E-state index in [1.54, 1.807) is 25.6 Å². The van der Waals surface area contributed by atoms with Crippen LogP contribution in [0, 0.1) is 0 Å². The maximum atomic E-state index is 5.54. The molecule has 1 N–H and O–H groups in total. The molecule has 0 spiro atoms. The predicted octanol–water partition coefficient (Wildman–Crippen LogP) is 3.37. The van der Waals surface area contributed by atoms with Crippen LogP contribution in [0.1, 0.15) is 17.3 Å². The third-order valence-electron chi connectivity index (χ3n) is 4.98. The lowest BCUT2D eigenvalue weighted by Gasteiger charge is -2.35. The number of methoxy groups -OCH3 is 2. The lowest BCUT2D eigenvalue weighted by Crippen LogP contribution is -2.45. The van der Waals surface area contributed by atoms with Crippen LogP contribution >= 0.6 is 11.3 Å². The van der Waals surface area contributed by atoms with Gasteiger partial charge in [-0.25, -0.2) is 4.98 Å². The van der Waals surface area contributed by atoms with Crippen molar-refractivity contribution in [2.45, 2.75) is 12.6 Å². The monoisotopic (exact) mass is 396 g/mol. The summed E-state index contributed by atoms with van der Waals surface area (Å²) in [4.78, 5) is 11.6. The standard InChI is InChI=1S/C21H24N4O2S/c1-26-17-5-6-18(20(10-17)27-2)21-24-16(14-28-21)13-25-9-8-23-12-19(25)15-4-3-7-22-11-15/h3-7,10-11,14,19,23H,8-9,12-13H2,1-2H3. The van der Waals surface area contributed by atoms with Crippen LogP contribution in [0.4, 0.5) is 0 Å². The molecule has 1 aliphatic heterocycles. The molecule has 1 aromatic carbocycles. The van der Waals surface area contributed by atoms with Gasteiger partial charge in [0.05, 0.1) is 25.5 Å². The third-order valence-corrected chi connectivity index (χ3v) is 5.90. The molecule has 0 aliphatic carbocycles. The first kappa shape index (κ1) is 18.9. The highest BCUT2D eigenvalue weighted by atomic mass is 32.1. The highest BCUT2D eigenvalue weighted by molar-refractivity contribution is 7.13. The smallest absolute Gasteiger partial charge is 0.132 e. The molecular formula is C21H24N4O2S. The van der Waals surface area contributed by atoms with Gasteiger partial charge in [0.25, 0.3) is 0 Å². The number of aromatic nitrogens is 2. The molecule has 0 saturated carbocycles. The fraction of sp³-hybridized carbons (Fsp3) is 0.333. The van der Waals surface area contributed by atoms with Gasteiger partial charge in [-0.2, -0.15) is 0 Å². The molecule has 1 atom stereocenters. The minimum absolute atomic E-state index is 0.308. The largest absolute Gasteiger partial charge is 0.497 e. The highest BCUT2D eigenvalue weighted by Gasteiger charge is 2.25. The Labute approximate surface area is 169 Å². The number of piperazine rings is 1. The number of nitrogens with zero attached hydrogens (tertiary/aromatic N) is 3. The molecule has 0 bridgehead atoms. The van der Waals surface area contributed by atoms with Crippen molar-refractivity contribution in [1.29, 1.82) is 0 Å². The van der Waals surface area contributed by atoms with Crippen LogP contribution in [0.15, 0.2) is 48.1 Å². The van der Waals surface area contributed by atoms with Crippen LogP contribution in [0.2, 0.25) is 0 Å². The zero-order valence-corrected chi connectivity index (χ0v) is 16.9. The summed E-state index contributed by atoms with van der Waals surface area (Å²) in [5.74, 6) is 1.55. The molecule has 3 heterocycles. The third kappa shape index (κ3) is 4.01. The summed E-state index contributed by atoms with van der Waals surface area (Å²) in [6.07, 6.45) is 3.78. The van der Waals surface area contributed by atoms with E-state index in [9.17, 15) is 0 Å². The van der Waals surface area contributed by atoms with E-state index in [1.807, 2.05) is 36.7 Å². The number of benzene rings is 1. The fourth-order valence-corrected chi connectivity index (χ4v) is 4.36. The number of nitrogens with one attached hydrogen (secondary N) is 1. The van der Waals surface area contributed by atoms with Gasteiger partial charge in [-0.1, -0.05) is 6.07 Å². The number of thiazole rings is 1. The molecule has 0 radical (unpaired) electrons. The Morgan fingerprint density at radius 2 is 2.18 bits per heavy atom. The molecule has 7 heteroatoms. The maximum absolute atomic E-state index is 5.54. The second kappa shape index (κ2) is 8.68. The summed E-state index contributed by atoms with van der Waals surface area (Å²) >= 11 is 1.64. The Hall–Kier alpha value is -2.48. The van der Waals surface area contributed by atoms with Crippen molar-refractivity contribution in [2.24, 2.45) is 0 Å². The number of ether oxygens (including phenoxy) is 2. The minimum Gasteiger partial charge on any atom is -0.497 e. The van der Waals surface area contributed by atoms with Crippen molar-refractivity contribution < 1.29 is 9.47 Å². The van der Waals surface area contributed by atoms with Gasteiger partial charge in [0.2, 0.25) is 0 Å². The van der Waals surface area contributed by atoms with E-state index >= 15 is 0 Å². The molecule has 146 valence electrons. The van der Waals surface area contributed by atoms with Crippen LogP contribution in [0.5, 0.6) is 11.5 Å². The van der Waals surface area contributed by atoms with Crippen molar-refractivity contribution in [3.05, 3.63) is 59.4 Å². The van der Waals surface area contributed by atoms with Gasteiger partial charge in [-0.3, -0.25) is 9.88 Å². The molecule has 28 heavy (non-hydrogen) atoms. The van der Waals surface area contributed by atoms with E-state index < -0.39 is 0 Å². The molecule has 6 nitrogen and oxygen atoms in total. The lowest BCUT2D eigenvalue weighted by atomic mass is 10.1. The zero-order chi connectivity index (χ0) is 19.3. The van der Waals surface area contributed by atoms with Gasteiger partial charge >= 0.3 is 0 Å². The summed E-state index contributed by atoms with van der Waals surface area (Å²) in [6, 6.07) is 10.3. The van der Waals surface area contributed by atoms with E-state index in [2.05, 4.69) is 26.6 Å². The number of rotatable bonds is 6. The first-order chi connectivity index (χ1) is 13.8. The van der Waals surface area contributed by atoms with Gasteiger partial charge < -0.3 is 14.8 Å². The van der Waals surface area contributed by atoms with Gasteiger partial charge in [0, 0.05) is 56.1 Å². The summed E-state index contributed by atoms with van der Waals surface area (Å²) in [6.45, 7) is 3.71. The van der Waals surface area contributed by atoms with Crippen LogP contribution < -0.4 is 14.8 Å². The summed E-state index contributed by atoms with van der Waals surface area (Å²) in [5, 5.41) is 6.59. The van der Waals surface area contributed by atoms with Crippen molar-refractivity contribution in [3.63, 3.8) is 0 Å². The molecule has 4 rings (SSSR count). The molecular weight excluding hydrogens is 372 g/mol. The molecule has 0 amide bonds. The Bertz CT molecular complexity index is 916. The second-order valence-corrected chi connectivity index (χ2v) is 7.55. The topological polar surface area (TPSA) is 59.5 Å². The first-order valence-electron chi connectivity index (χ1n) is 9.30. The Kier molecular flexibility index (Phi) is 5.85. The van der Waals surface area contributed by atoms with Crippen LogP contribution in [0.3, 0.4) is 0 Å². The Morgan fingerprint density at radius 1 is 1.25 bits per heavy atom. The molecule has 1 saturated heterocycles. The van der Waals surface area contributed by atoms with Crippen molar-refractivity contribution >= 4 is 11.3 Å². The van der Waals surface area contributed by atoms with Gasteiger partial charge in [-0.15, -0.1) is 11.3 Å². The maximum Gasteiger partial charge on any atom is 0.132 e. The van der Waals surface area contributed by atoms with Crippen molar-refractivity contribution in [2.75, 3.05) is 33.9 Å². The molecule has 3 aromatic rings. The molecule has 2 aromatic heterocycles. The van der Waals surface area contributed by atoms with E-state index in [-0.39, 0.29) is 0 Å². The first-order valence-corrected chi connectivity index (χ1v) is 10.2. The summed E-state index contributed by atoms with van der Waals surface area (Å²) < 4.78 is 10.8. The van der Waals surface area contributed by atoms with Crippen molar-refractivity contribution in [1.82, 2.24) is 20.2 Å². The van der Waals surface area contributed by atoms with Gasteiger partial charge in [0.15, 0.2) is 0 Å². The summed E-state index contributed by atoms with van der Waals surface area (Å²) in [7, 11) is 3.33. The number of pyridine rings is 1. The number of hydrogen-bond donors (Lipinski definition) is 1. The minimum atomic E-state index is 0.308. The van der Waals surface area contributed by atoms with Crippen LogP contribution in [-0.4, -0.2) is 48.7 Å². The summed E-state index contributed by atoms with van der Waals surface area (Å²) in [5.41, 5.74) is 3.30. The fourth-order valence-electron chi connectivity index (χ4n) is 3.52. The molecule has 1 unspecified atom stereocenters. The number of hydrogen-bond acceptors (Lipinski definition) is 7. The van der Waals surface area contributed by atoms with E-state index in [0.29, 0.717) is 6.04 Å². The Balaban J connectivity index is 1.54. The quantitative estimate of drug-likeness (QED) is 0.689. The van der Waals surface area contributed by atoms with Crippen LogP contribution in [0.25, 0.3) is 10.6 Å². The highest BCUT2D eigenvalue weighted by Crippen LogP contribution is 2.35. The van der Waals surface area contributed by atoms with E-state index in [0.717, 1.165) is 53.9 Å². The second-order valence-electron chi connectivity index (χ2n) is 6.69. The molecule has 1 aliphatic rings. The SMILES string of the molecule is COc1ccc(-c2nc(CN3CCNCC3c3cccnc3)cs2)c(OC)c1. The van der Waals surface area contributed by atoms with Gasteiger partial charge in [-0.05, 0) is 23.8 Å². The zero-order valence-electron chi connectivity index (χ0n) is 16.1. The normalized spacial score (nSPS) is 17.4. The molecule has 1 fully saturated rings. The Morgan fingerprint density at radius 3 is 2.96 bits per heavy atom. The van der Waals surface area contributed by atoms with Crippen LogP contribution in [-0.2, 0) is 6.54 Å². The van der Waals surface area contributed by atoms with E-state index in [4.69, 9.17) is 14.5 Å². The average molecular weight is 397 g/mol. The van der Waals surface area contributed by atoms with E-state index in [1.165, 1.54) is 5.56 Å². The van der Waals surface area contributed by atoms with Crippen molar-refractivity contribution in [3.8, 4) is 22.1 Å². The lowest BCUT2D eigenvalue weighted by molar-refractivity contribution is 0.152. The predicted molar refractivity (Wildman–Crippen MR) is 111 cm³/mol.